The highest BCUT2D eigenvalue weighted by Crippen LogP contribution is 1.99. The molecule has 0 fully saturated rings. The standard InChI is InChI=1S/C9H11NO2/c11-9(12)6-2-1-4-8-5-3-7-10-8/h2-3,5-7,10H,1,4H2,(H,11,12)/b6-2+. The van der Waals surface area contributed by atoms with Gasteiger partial charge in [-0.3, -0.25) is 0 Å². The van der Waals surface area contributed by atoms with E-state index in [2.05, 4.69) is 4.98 Å². The van der Waals surface area contributed by atoms with Crippen molar-refractivity contribution in [3.63, 3.8) is 0 Å². The fourth-order valence-electron chi connectivity index (χ4n) is 0.946. The quantitative estimate of drug-likeness (QED) is 0.665. The molecule has 0 atom stereocenters. The van der Waals surface area contributed by atoms with Crippen molar-refractivity contribution in [1.82, 2.24) is 4.98 Å². The number of aromatic amines is 1. The maximum absolute atomic E-state index is 10.1. The molecule has 3 heteroatoms. The van der Waals surface area contributed by atoms with Gasteiger partial charge >= 0.3 is 5.97 Å². The van der Waals surface area contributed by atoms with Crippen LogP contribution in [0.1, 0.15) is 12.1 Å². The molecule has 2 N–H and O–H groups in total. The highest BCUT2D eigenvalue weighted by molar-refractivity contribution is 5.79. The molecule has 0 aliphatic heterocycles. The normalized spacial score (nSPS) is 10.7. The summed E-state index contributed by atoms with van der Waals surface area (Å²) in [5.74, 6) is -0.888. The van der Waals surface area contributed by atoms with Crippen molar-refractivity contribution >= 4 is 5.97 Å². The number of carbonyl (C=O) groups is 1. The summed E-state index contributed by atoms with van der Waals surface area (Å²) in [5.41, 5.74) is 1.13. The van der Waals surface area contributed by atoms with E-state index in [0.717, 1.165) is 18.5 Å². The summed E-state index contributed by atoms with van der Waals surface area (Å²) in [6, 6.07) is 3.91. The van der Waals surface area contributed by atoms with E-state index in [9.17, 15) is 4.79 Å². The zero-order valence-electron chi connectivity index (χ0n) is 6.66. The van der Waals surface area contributed by atoms with Gasteiger partial charge in [0.1, 0.15) is 0 Å². The highest BCUT2D eigenvalue weighted by Gasteiger charge is 1.90. The Hall–Kier alpha value is -1.51. The van der Waals surface area contributed by atoms with Gasteiger partial charge < -0.3 is 10.1 Å². The lowest BCUT2D eigenvalue weighted by atomic mass is 10.2. The molecule has 0 aromatic carbocycles. The van der Waals surface area contributed by atoms with Crippen LogP contribution in [0.2, 0.25) is 0 Å². The zero-order valence-corrected chi connectivity index (χ0v) is 6.66. The highest BCUT2D eigenvalue weighted by atomic mass is 16.4. The molecule has 1 aromatic heterocycles. The van der Waals surface area contributed by atoms with E-state index in [1.807, 2.05) is 18.3 Å². The summed E-state index contributed by atoms with van der Waals surface area (Å²) in [5, 5.41) is 8.28. The summed E-state index contributed by atoms with van der Waals surface area (Å²) < 4.78 is 0. The summed E-state index contributed by atoms with van der Waals surface area (Å²) >= 11 is 0. The number of hydrogen-bond donors (Lipinski definition) is 2. The van der Waals surface area contributed by atoms with Gasteiger partial charge in [-0.15, -0.1) is 0 Å². The van der Waals surface area contributed by atoms with Crippen LogP contribution in [0.4, 0.5) is 0 Å². The third-order valence-electron chi connectivity index (χ3n) is 1.50. The number of hydrogen-bond acceptors (Lipinski definition) is 1. The molecular weight excluding hydrogens is 154 g/mol. The number of aryl methyl sites for hydroxylation is 1. The van der Waals surface area contributed by atoms with Crippen molar-refractivity contribution in [1.29, 1.82) is 0 Å². The number of nitrogens with one attached hydrogen (secondary N) is 1. The molecule has 64 valence electrons. The Bertz CT molecular complexity index is 262. The number of aliphatic carboxylic acids is 1. The van der Waals surface area contributed by atoms with Gasteiger partial charge in [0.2, 0.25) is 0 Å². The van der Waals surface area contributed by atoms with Crippen molar-refractivity contribution < 1.29 is 9.90 Å². The van der Waals surface area contributed by atoms with Crippen LogP contribution in [-0.2, 0) is 11.2 Å². The molecule has 0 aliphatic rings. The van der Waals surface area contributed by atoms with Crippen LogP contribution in [0.25, 0.3) is 0 Å². The largest absolute Gasteiger partial charge is 0.478 e. The first-order chi connectivity index (χ1) is 5.79. The Kier molecular flexibility index (Phi) is 3.14. The number of H-pyrrole nitrogens is 1. The van der Waals surface area contributed by atoms with Gasteiger partial charge in [0.05, 0.1) is 0 Å². The minimum atomic E-state index is -0.888. The lowest BCUT2D eigenvalue weighted by molar-refractivity contribution is -0.131. The molecule has 1 aromatic rings. The van der Waals surface area contributed by atoms with Crippen molar-refractivity contribution in [2.75, 3.05) is 0 Å². The van der Waals surface area contributed by atoms with Crippen molar-refractivity contribution in [3.05, 3.63) is 36.2 Å². The molecule has 3 nitrogen and oxygen atoms in total. The van der Waals surface area contributed by atoms with Gasteiger partial charge in [-0.2, -0.15) is 0 Å². The first kappa shape index (κ1) is 8.59. The van der Waals surface area contributed by atoms with E-state index in [4.69, 9.17) is 5.11 Å². The van der Waals surface area contributed by atoms with Crippen LogP contribution in [-0.4, -0.2) is 16.1 Å². The number of aromatic nitrogens is 1. The Morgan fingerprint density at radius 2 is 2.50 bits per heavy atom. The van der Waals surface area contributed by atoms with E-state index >= 15 is 0 Å². The Balaban J connectivity index is 2.23. The number of allylic oxidation sites excluding steroid dienone is 1. The average Bonchev–Trinajstić information content (AvgIpc) is 2.49. The molecule has 0 saturated carbocycles. The first-order valence-electron chi connectivity index (χ1n) is 3.81. The van der Waals surface area contributed by atoms with Crippen LogP contribution >= 0.6 is 0 Å². The van der Waals surface area contributed by atoms with Crippen LogP contribution in [0, 0.1) is 0 Å². The van der Waals surface area contributed by atoms with Gasteiger partial charge in [-0.1, -0.05) is 6.08 Å². The number of rotatable bonds is 4. The van der Waals surface area contributed by atoms with Gasteiger partial charge in [-0.05, 0) is 25.0 Å². The SMILES string of the molecule is O=C(O)/C=C/CCc1ccc[nH]1. The average molecular weight is 165 g/mol. The monoisotopic (exact) mass is 165 g/mol. The zero-order chi connectivity index (χ0) is 8.81. The lowest BCUT2D eigenvalue weighted by Crippen LogP contribution is -1.87. The lowest BCUT2D eigenvalue weighted by Gasteiger charge is -1.90. The predicted octanol–water partition coefficient (Wildman–Crippen LogP) is 1.59. The minimum Gasteiger partial charge on any atom is -0.478 e. The van der Waals surface area contributed by atoms with Gasteiger partial charge in [0, 0.05) is 18.0 Å². The van der Waals surface area contributed by atoms with E-state index < -0.39 is 5.97 Å². The summed E-state index contributed by atoms with van der Waals surface area (Å²) in [6.07, 6.45) is 6.30. The molecule has 0 aliphatic carbocycles. The van der Waals surface area contributed by atoms with Crippen molar-refractivity contribution in [2.45, 2.75) is 12.8 Å². The molecular formula is C9H11NO2. The second-order valence-corrected chi connectivity index (χ2v) is 2.47. The number of carboxylic acid groups (broad SMARTS) is 1. The molecule has 0 unspecified atom stereocenters. The number of carboxylic acids is 1. The molecule has 1 rings (SSSR count). The molecule has 0 amide bonds. The molecule has 0 bridgehead atoms. The molecule has 0 saturated heterocycles. The Labute approximate surface area is 70.7 Å². The smallest absolute Gasteiger partial charge is 0.327 e. The first-order valence-corrected chi connectivity index (χ1v) is 3.81. The topological polar surface area (TPSA) is 53.1 Å². The molecule has 1 heterocycles. The van der Waals surface area contributed by atoms with Crippen molar-refractivity contribution in [3.8, 4) is 0 Å². The minimum absolute atomic E-state index is 0.757. The second-order valence-electron chi connectivity index (χ2n) is 2.47. The molecule has 0 spiro atoms. The van der Waals surface area contributed by atoms with Crippen LogP contribution in [0.15, 0.2) is 30.5 Å². The summed E-state index contributed by atoms with van der Waals surface area (Å²) in [6.45, 7) is 0. The fourth-order valence-corrected chi connectivity index (χ4v) is 0.946. The van der Waals surface area contributed by atoms with E-state index in [0.29, 0.717) is 0 Å². The summed E-state index contributed by atoms with van der Waals surface area (Å²) in [7, 11) is 0. The second kappa shape index (κ2) is 4.38. The van der Waals surface area contributed by atoms with E-state index in [1.165, 1.54) is 6.08 Å². The Morgan fingerprint density at radius 1 is 1.67 bits per heavy atom. The third kappa shape index (κ3) is 3.05. The maximum Gasteiger partial charge on any atom is 0.327 e. The van der Waals surface area contributed by atoms with Crippen LogP contribution in [0.3, 0.4) is 0 Å². The Morgan fingerprint density at radius 3 is 3.08 bits per heavy atom. The van der Waals surface area contributed by atoms with E-state index in [-0.39, 0.29) is 0 Å². The molecule has 12 heavy (non-hydrogen) atoms. The van der Waals surface area contributed by atoms with Gasteiger partial charge in [-0.25, -0.2) is 4.79 Å². The van der Waals surface area contributed by atoms with Crippen LogP contribution < -0.4 is 0 Å². The van der Waals surface area contributed by atoms with Gasteiger partial charge in [0.25, 0.3) is 0 Å². The summed E-state index contributed by atoms with van der Waals surface area (Å²) in [4.78, 5) is 13.1. The van der Waals surface area contributed by atoms with Crippen molar-refractivity contribution in [2.24, 2.45) is 0 Å². The third-order valence-corrected chi connectivity index (χ3v) is 1.50. The van der Waals surface area contributed by atoms with E-state index in [1.54, 1.807) is 6.08 Å². The maximum atomic E-state index is 10.1. The van der Waals surface area contributed by atoms with Gasteiger partial charge in [0.15, 0.2) is 0 Å². The predicted molar refractivity (Wildman–Crippen MR) is 45.9 cm³/mol. The molecule has 0 radical (unpaired) electrons. The van der Waals surface area contributed by atoms with Crippen LogP contribution in [0.5, 0.6) is 0 Å². The fraction of sp³-hybridized carbons (Fsp3) is 0.222.